The van der Waals surface area contributed by atoms with Crippen molar-refractivity contribution in [2.45, 2.75) is 32.0 Å². The normalized spacial score (nSPS) is 22.5. The highest BCUT2D eigenvalue weighted by Gasteiger charge is 2.37. The van der Waals surface area contributed by atoms with Crippen LogP contribution < -0.4 is 0 Å². The molecule has 1 aliphatic rings. The molecule has 1 saturated heterocycles. The number of piperidine rings is 1. The number of nitrogens with zero attached hydrogens (tertiary/aromatic N) is 1. The number of ether oxygens (including phenoxy) is 1. The maximum absolute atomic E-state index is 12.2. The minimum atomic E-state index is -4.64. The highest BCUT2D eigenvalue weighted by Crippen LogP contribution is 2.34. The number of halogens is 3. The van der Waals surface area contributed by atoms with Crippen LogP contribution in [0.1, 0.15) is 31.4 Å². The van der Waals surface area contributed by atoms with Gasteiger partial charge in [0.2, 0.25) is 0 Å². The fourth-order valence-corrected chi connectivity index (χ4v) is 3.22. The van der Waals surface area contributed by atoms with Crippen molar-refractivity contribution in [3.05, 3.63) is 22.4 Å². The average Bonchev–Trinajstić information content (AvgIpc) is 2.97. The third-order valence-electron chi connectivity index (χ3n) is 3.55. The molecule has 0 saturated carbocycles. The summed E-state index contributed by atoms with van der Waals surface area (Å²) in [5.41, 5.74) is 0.897. The van der Waals surface area contributed by atoms with Gasteiger partial charge in [-0.2, -0.15) is 24.5 Å². The molecule has 2 rings (SSSR count). The zero-order chi connectivity index (χ0) is 16.3. The van der Waals surface area contributed by atoms with Gasteiger partial charge >= 0.3 is 18.1 Å². The van der Waals surface area contributed by atoms with E-state index in [0.29, 0.717) is 13.0 Å². The van der Waals surface area contributed by atoms with Gasteiger partial charge < -0.3 is 9.64 Å². The Labute approximate surface area is 129 Å². The fourth-order valence-electron chi connectivity index (χ4n) is 2.51. The summed E-state index contributed by atoms with van der Waals surface area (Å²) in [6, 6.07) is 1.57. The number of amides is 1. The molecule has 0 bridgehead atoms. The minimum Gasteiger partial charge on any atom is -0.449 e. The highest BCUT2D eigenvalue weighted by atomic mass is 32.1. The molecule has 2 atom stereocenters. The molecule has 22 heavy (non-hydrogen) atoms. The molecule has 8 heteroatoms. The van der Waals surface area contributed by atoms with E-state index in [0.717, 1.165) is 12.0 Å². The van der Waals surface area contributed by atoms with Crippen molar-refractivity contribution in [2.75, 3.05) is 13.2 Å². The molecule has 0 radical (unpaired) electrons. The lowest BCUT2D eigenvalue weighted by molar-refractivity contribution is -0.190. The second-order valence-electron chi connectivity index (χ2n) is 5.40. The van der Waals surface area contributed by atoms with Crippen LogP contribution in [0.5, 0.6) is 0 Å². The minimum absolute atomic E-state index is 0.189. The van der Waals surface area contributed by atoms with Gasteiger partial charge in [0.1, 0.15) is 0 Å². The van der Waals surface area contributed by atoms with Crippen LogP contribution in [0, 0.1) is 5.92 Å². The molecule has 2 heterocycles. The number of esters is 1. The third kappa shape index (κ3) is 4.22. The van der Waals surface area contributed by atoms with Crippen molar-refractivity contribution >= 4 is 23.2 Å². The van der Waals surface area contributed by atoms with Gasteiger partial charge in [-0.25, -0.2) is 4.79 Å². The predicted molar refractivity (Wildman–Crippen MR) is 74.2 cm³/mol. The summed E-state index contributed by atoms with van der Waals surface area (Å²) in [6.45, 7) is 0.524. The molecule has 0 aliphatic carbocycles. The van der Waals surface area contributed by atoms with Crippen molar-refractivity contribution in [2.24, 2.45) is 5.92 Å². The number of hydrogen-bond donors (Lipinski definition) is 0. The van der Waals surface area contributed by atoms with Crippen molar-refractivity contribution in [3.63, 3.8) is 0 Å². The fraction of sp³-hybridized carbons (Fsp3) is 0.571. The summed E-state index contributed by atoms with van der Waals surface area (Å²) in [6.07, 6.45) is -3.07. The standard InChI is InChI=1S/C14H16F3NO3S/c1-9-2-3-11(10-4-5-22-7-10)18(6-9)12(19)13(20)21-8-14(15,16)17/h4-5,7,9,11H,2-3,6,8H2,1H3. The number of carbonyl (C=O) groups is 2. The van der Waals surface area contributed by atoms with Crippen LogP contribution in [-0.4, -0.2) is 36.1 Å². The summed E-state index contributed by atoms with van der Waals surface area (Å²) in [4.78, 5) is 25.1. The lowest BCUT2D eigenvalue weighted by atomic mass is 9.91. The number of alkyl halides is 3. The van der Waals surface area contributed by atoms with E-state index in [1.165, 1.54) is 16.2 Å². The van der Waals surface area contributed by atoms with E-state index in [9.17, 15) is 22.8 Å². The first-order valence-electron chi connectivity index (χ1n) is 6.84. The molecule has 122 valence electrons. The van der Waals surface area contributed by atoms with Crippen LogP contribution >= 0.6 is 11.3 Å². The van der Waals surface area contributed by atoms with Crippen molar-refractivity contribution in [1.29, 1.82) is 0 Å². The Hall–Kier alpha value is -1.57. The molecule has 1 aromatic heterocycles. The molecule has 1 amide bonds. The SMILES string of the molecule is CC1CCC(c2ccsc2)N(C(=O)C(=O)OCC(F)(F)F)C1. The summed E-state index contributed by atoms with van der Waals surface area (Å²) >= 11 is 1.47. The predicted octanol–water partition coefficient (Wildman–Crippen LogP) is 3.15. The zero-order valence-corrected chi connectivity index (χ0v) is 12.7. The van der Waals surface area contributed by atoms with E-state index >= 15 is 0 Å². The van der Waals surface area contributed by atoms with Gasteiger partial charge in [-0.1, -0.05) is 6.92 Å². The number of rotatable bonds is 2. The molecule has 1 aromatic rings. The largest absolute Gasteiger partial charge is 0.449 e. The maximum Gasteiger partial charge on any atom is 0.422 e. The molecule has 1 aliphatic heterocycles. The first kappa shape index (κ1) is 16.8. The molecule has 2 unspecified atom stereocenters. The van der Waals surface area contributed by atoms with Gasteiger partial charge in [0, 0.05) is 6.54 Å². The second kappa shape index (κ2) is 6.68. The van der Waals surface area contributed by atoms with E-state index in [-0.39, 0.29) is 12.0 Å². The van der Waals surface area contributed by atoms with Crippen LogP contribution in [0.3, 0.4) is 0 Å². The van der Waals surface area contributed by atoms with Gasteiger partial charge in [-0.3, -0.25) is 4.79 Å². The van der Waals surface area contributed by atoms with E-state index in [1.54, 1.807) is 0 Å². The lowest BCUT2D eigenvalue weighted by Gasteiger charge is -2.37. The van der Waals surface area contributed by atoms with Gasteiger partial charge in [0.05, 0.1) is 6.04 Å². The third-order valence-corrected chi connectivity index (χ3v) is 4.25. The van der Waals surface area contributed by atoms with Crippen LogP contribution in [0.4, 0.5) is 13.2 Å². The van der Waals surface area contributed by atoms with Crippen LogP contribution in [0.15, 0.2) is 16.8 Å². The summed E-state index contributed by atoms with van der Waals surface area (Å²) in [5.74, 6) is -2.27. The van der Waals surface area contributed by atoms with Crippen LogP contribution in [0.25, 0.3) is 0 Å². The van der Waals surface area contributed by atoms with E-state index in [4.69, 9.17) is 0 Å². The van der Waals surface area contributed by atoms with Crippen molar-refractivity contribution in [1.82, 2.24) is 4.90 Å². The van der Waals surface area contributed by atoms with Crippen LogP contribution in [-0.2, 0) is 14.3 Å². The second-order valence-corrected chi connectivity index (χ2v) is 6.18. The Kier molecular flexibility index (Phi) is 5.10. The Morgan fingerprint density at radius 2 is 2.14 bits per heavy atom. The Balaban J connectivity index is 2.08. The van der Waals surface area contributed by atoms with Gasteiger partial charge in [-0.05, 0) is 41.1 Å². The summed E-state index contributed by atoms with van der Waals surface area (Å²) in [5, 5.41) is 3.74. The number of hydrogen-bond acceptors (Lipinski definition) is 4. The smallest absolute Gasteiger partial charge is 0.422 e. The number of thiophene rings is 1. The molecular weight excluding hydrogens is 319 g/mol. The van der Waals surface area contributed by atoms with Crippen molar-refractivity contribution < 1.29 is 27.5 Å². The Morgan fingerprint density at radius 1 is 1.41 bits per heavy atom. The first-order chi connectivity index (χ1) is 10.3. The van der Waals surface area contributed by atoms with Crippen LogP contribution in [0.2, 0.25) is 0 Å². The molecule has 4 nitrogen and oxygen atoms in total. The van der Waals surface area contributed by atoms with E-state index in [2.05, 4.69) is 4.74 Å². The maximum atomic E-state index is 12.2. The zero-order valence-electron chi connectivity index (χ0n) is 11.9. The molecular formula is C14H16F3NO3S. The Morgan fingerprint density at radius 3 is 2.73 bits per heavy atom. The van der Waals surface area contributed by atoms with Gasteiger partial charge in [-0.15, -0.1) is 0 Å². The molecule has 0 N–H and O–H groups in total. The molecule has 1 fully saturated rings. The summed E-state index contributed by atoms with van der Waals surface area (Å²) < 4.78 is 40.3. The summed E-state index contributed by atoms with van der Waals surface area (Å²) in [7, 11) is 0. The van der Waals surface area contributed by atoms with Crippen molar-refractivity contribution in [3.8, 4) is 0 Å². The average molecular weight is 335 g/mol. The quantitative estimate of drug-likeness (QED) is 0.616. The first-order valence-corrected chi connectivity index (χ1v) is 7.79. The molecule has 0 aromatic carbocycles. The highest BCUT2D eigenvalue weighted by molar-refractivity contribution is 7.08. The van der Waals surface area contributed by atoms with Gasteiger partial charge in [0.15, 0.2) is 6.61 Å². The van der Waals surface area contributed by atoms with E-state index in [1.807, 2.05) is 23.8 Å². The number of carbonyl (C=O) groups excluding carboxylic acids is 2. The Bertz CT molecular complexity index is 530. The lowest BCUT2D eigenvalue weighted by Crippen LogP contribution is -2.45. The monoisotopic (exact) mass is 335 g/mol. The topological polar surface area (TPSA) is 46.6 Å². The molecule has 0 spiro atoms. The van der Waals surface area contributed by atoms with E-state index < -0.39 is 24.7 Å². The van der Waals surface area contributed by atoms with Gasteiger partial charge in [0.25, 0.3) is 0 Å². The number of likely N-dealkylation sites (tertiary alicyclic amines) is 1.